The molecule has 1 fully saturated rings. The van der Waals surface area contributed by atoms with Crippen LogP contribution in [0.3, 0.4) is 0 Å². The number of halogens is 1. The maximum Gasteiger partial charge on any atom is 0.414 e. The number of nitrogens with one attached hydrogen (secondary N) is 1. The van der Waals surface area contributed by atoms with Crippen molar-refractivity contribution in [1.82, 2.24) is 10.3 Å². The molecule has 0 radical (unpaired) electrons. The molecule has 2 aromatic rings. The highest BCUT2D eigenvalue weighted by atomic mass is 32.1. The summed E-state index contributed by atoms with van der Waals surface area (Å²) in [5, 5.41) is 2.90. The van der Waals surface area contributed by atoms with Crippen molar-refractivity contribution < 1.29 is 23.5 Å². The average Bonchev–Trinajstić information content (AvgIpc) is 3.20. The van der Waals surface area contributed by atoms with Gasteiger partial charge in [-0.15, -0.1) is 11.3 Å². The second-order valence-electron chi connectivity index (χ2n) is 5.80. The lowest BCUT2D eigenvalue weighted by molar-refractivity contribution is -0.119. The zero-order valence-corrected chi connectivity index (χ0v) is 14.9. The van der Waals surface area contributed by atoms with Gasteiger partial charge in [0.2, 0.25) is 5.91 Å². The van der Waals surface area contributed by atoms with Crippen molar-refractivity contribution in [2.45, 2.75) is 20.0 Å². The van der Waals surface area contributed by atoms with Crippen LogP contribution in [-0.2, 0) is 9.53 Å². The number of benzene rings is 1. The number of aromatic nitrogens is 1. The first kappa shape index (κ1) is 18.0. The van der Waals surface area contributed by atoms with Crippen molar-refractivity contribution in [2.75, 3.05) is 18.0 Å². The molecule has 0 aliphatic carbocycles. The van der Waals surface area contributed by atoms with Crippen LogP contribution >= 0.6 is 11.3 Å². The molecule has 3 rings (SSSR count). The Bertz CT molecular complexity index is 883. The lowest BCUT2D eigenvalue weighted by atomic mass is 10.1. The van der Waals surface area contributed by atoms with E-state index in [4.69, 9.17) is 4.74 Å². The van der Waals surface area contributed by atoms with Gasteiger partial charge in [0.25, 0.3) is 0 Å². The Morgan fingerprint density at radius 2 is 2.19 bits per heavy atom. The van der Waals surface area contributed by atoms with E-state index in [1.807, 2.05) is 0 Å². The van der Waals surface area contributed by atoms with Crippen molar-refractivity contribution in [1.29, 1.82) is 0 Å². The SMILES string of the molecule is CC(=O)NC[C@H]1CN(c2ccc(-c3cnc(C(C)=O)s3)c(F)c2)C(=O)O1. The van der Waals surface area contributed by atoms with E-state index in [9.17, 15) is 18.8 Å². The van der Waals surface area contributed by atoms with Crippen LogP contribution < -0.4 is 10.2 Å². The molecule has 9 heteroatoms. The van der Waals surface area contributed by atoms with Gasteiger partial charge in [-0.2, -0.15) is 0 Å². The number of nitrogens with zero attached hydrogens (tertiary/aromatic N) is 2. The second-order valence-corrected chi connectivity index (χ2v) is 6.83. The molecule has 0 saturated carbocycles. The molecular weight excluding hydrogens is 361 g/mol. The molecule has 2 amide bonds. The van der Waals surface area contributed by atoms with E-state index in [-0.39, 0.29) is 24.8 Å². The number of anilines is 1. The van der Waals surface area contributed by atoms with Crippen molar-refractivity contribution in [2.24, 2.45) is 0 Å². The minimum atomic E-state index is -0.593. The van der Waals surface area contributed by atoms with Gasteiger partial charge in [0.1, 0.15) is 11.9 Å². The summed E-state index contributed by atoms with van der Waals surface area (Å²) in [4.78, 5) is 40.1. The minimum Gasteiger partial charge on any atom is -0.442 e. The number of carbonyl (C=O) groups excluding carboxylic acids is 3. The lowest BCUT2D eigenvalue weighted by Gasteiger charge is -2.14. The molecule has 1 aromatic heterocycles. The molecule has 1 aromatic carbocycles. The first-order chi connectivity index (χ1) is 12.3. The number of ether oxygens (including phenoxy) is 1. The van der Waals surface area contributed by atoms with E-state index in [0.29, 0.717) is 21.1 Å². The number of Topliss-reactive ketones (excluding diaryl/α,β-unsaturated/α-hetero) is 1. The third-order valence-electron chi connectivity index (χ3n) is 3.79. The summed E-state index contributed by atoms with van der Waals surface area (Å²) in [6.45, 7) is 3.19. The summed E-state index contributed by atoms with van der Waals surface area (Å²) in [6, 6.07) is 4.38. The first-order valence-electron chi connectivity index (χ1n) is 7.84. The Balaban J connectivity index is 1.77. The normalized spacial score (nSPS) is 16.5. The van der Waals surface area contributed by atoms with Gasteiger partial charge < -0.3 is 10.1 Å². The van der Waals surface area contributed by atoms with Crippen molar-refractivity contribution in [3.63, 3.8) is 0 Å². The Morgan fingerprint density at radius 1 is 1.42 bits per heavy atom. The van der Waals surface area contributed by atoms with Gasteiger partial charge >= 0.3 is 6.09 Å². The Hall–Kier alpha value is -2.81. The molecule has 1 N–H and O–H groups in total. The molecule has 1 aliphatic rings. The number of hydrogen-bond donors (Lipinski definition) is 1. The summed E-state index contributed by atoms with van der Waals surface area (Å²) in [6.07, 6.45) is 0.366. The van der Waals surface area contributed by atoms with E-state index >= 15 is 0 Å². The molecule has 7 nitrogen and oxygen atoms in total. The Morgan fingerprint density at radius 3 is 2.81 bits per heavy atom. The van der Waals surface area contributed by atoms with Gasteiger partial charge in [0, 0.05) is 25.6 Å². The van der Waals surface area contributed by atoms with Crippen LogP contribution in [0.5, 0.6) is 0 Å². The summed E-state index contributed by atoms with van der Waals surface area (Å²) >= 11 is 1.11. The summed E-state index contributed by atoms with van der Waals surface area (Å²) in [5.74, 6) is -0.924. The van der Waals surface area contributed by atoms with Crippen LogP contribution in [0.2, 0.25) is 0 Å². The fourth-order valence-corrected chi connectivity index (χ4v) is 3.37. The lowest BCUT2D eigenvalue weighted by Crippen LogP contribution is -2.33. The molecule has 0 unspecified atom stereocenters. The zero-order valence-electron chi connectivity index (χ0n) is 14.1. The molecule has 136 valence electrons. The molecule has 2 heterocycles. The van der Waals surface area contributed by atoms with Gasteiger partial charge in [0.15, 0.2) is 10.8 Å². The highest BCUT2D eigenvalue weighted by Gasteiger charge is 2.32. The summed E-state index contributed by atoms with van der Waals surface area (Å²) in [7, 11) is 0. The quantitative estimate of drug-likeness (QED) is 0.809. The molecule has 26 heavy (non-hydrogen) atoms. The van der Waals surface area contributed by atoms with E-state index < -0.39 is 18.0 Å². The van der Waals surface area contributed by atoms with E-state index in [1.165, 1.54) is 37.1 Å². The number of cyclic esters (lactones) is 1. The van der Waals surface area contributed by atoms with Gasteiger partial charge in [-0.1, -0.05) is 0 Å². The van der Waals surface area contributed by atoms with E-state index in [0.717, 1.165) is 11.3 Å². The Labute approximate surface area is 152 Å². The fraction of sp³-hybridized carbons (Fsp3) is 0.294. The predicted molar refractivity (Wildman–Crippen MR) is 93.8 cm³/mol. The molecular formula is C17H16FN3O4S. The average molecular weight is 377 g/mol. The number of thiazole rings is 1. The fourth-order valence-electron chi connectivity index (χ4n) is 2.53. The monoisotopic (exact) mass is 377 g/mol. The minimum absolute atomic E-state index is 0.177. The van der Waals surface area contributed by atoms with E-state index in [1.54, 1.807) is 6.07 Å². The number of carbonyl (C=O) groups is 3. The van der Waals surface area contributed by atoms with Crippen molar-refractivity contribution in [3.05, 3.63) is 35.2 Å². The Kier molecular flexibility index (Phi) is 4.99. The highest BCUT2D eigenvalue weighted by molar-refractivity contribution is 7.17. The van der Waals surface area contributed by atoms with E-state index in [2.05, 4.69) is 10.3 Å². The number of rotatable bonds is 5. The third-order valence-corrected chi connectivity index (χ3v) is 4.92. The van der Waals surface area contributed by atoms with Crippen molar-refractivity contribution in [3.8, 4) is 10.4 Å². The summed E-state index contributed by atoms with van der Waals surface area (Å²) < 4.78 is 19.7. The maximum atomic E-state index is 14.5. The first-order valence-corrected chi connectivity index (χ1v) is 8.66. The maximum absolute atomic E-state index is 14.5. The third kappa shape index (κ3) is 3.72. The number of hydrogen-bond acceptors (Lipinski definition) is 6. The van der Waals surface area contributed by atoms with Gasteiger partial charge in [0.05, 0.1) is 23.7 Å². The van der Waals surface area contributed by atoms with Crippen LogP contribution in [-0.4, -0.2) is 42.0 Å². The molecule has 0 bridgehead atoms. The largest absolute Gasteiger partial charge is 0.442 e. The molecule has 0 spiro atoms. The van der Waals surface area contributed by atoms with Gasteiger partial charge in [-0.3, -0.25) is 14.5 Å². The number of ketones is 1. The smallest absolute Gasteiger partial charge is 0.414 e. The zero-order chi connectivity index (χ0) is 18.8. The molecule has 1 atom stereocenters. The summed E-state index contributed by atoms with van der Waals surface area (Å²) in [5.41, 5.74) is 0.666. The van der Waals surface area contributed by atoms with Crippen LogP contribution in [0.25, 0.3) is 10.4 Å². The highest BCUT2D eigenvalue weighted by Crippen LogP contribution is 2.32. The molecule has 1 saturated heterocycles. The van der Waals surface area contributed by atoms with Crippen LogP contribution in [0.4, 0.5) is 14.9 Å². The topological polar surface area (TPSA) is 88.6 Å². The van der Waals surface area contributed by atoms with Crippen molar-refractivity contribution >= 4 is 34.8 Å². The number of amides is 2. The molecule has 1 aliphatic heterocycles. The van der Waals surface area contributed by atoms with Gasteiger partial charge in [-0.25, -0.2) is 14.2 Å². The van der Waals surface area contributed by atoms with Gasteiger partial charge in [-0.05, 0) is 18.2 Å². The second kappa shape index (κ2) is 7.20. The van der Waals surface area contributed by atoms with Crippen LogP contribution in [0.1, 0.15) is 23.6 Å². The predicted octanol–water partition coefficient (Wildman–Crippen LogP) is 2.61. The standard InChI is InChI=1S/C17H16FN3O4S/c1-9(22)16-20-7-15(26-16)13-4-3-11(5-14(13)18)21-8-12(25-17(21)24)6-19-10(2)23/h3-5,7,12H,6,8H2,1-2H3,(H,19,23)/t12-/m0/s1. The van der Waals surface area contributed by atoms with Crippen LogP contribution in [0.15, 0.2) is 24.4 Å². The van der Waals surface area contributed by atoms with Crippen LogP contribution in [0, 0.1) is 5.82 Å².